The molecule has 1 fully saturated rings. The summed E-state index contributed by atoms with van der Waals surface area (Å²) in [5, 5.41) is 0. The Morgan fingerprint density at radius 2 is 1.62 bits per heavy atom. The lowest BCUT2D eigenvalue weighted by molar-refractivity contribution is -0.137. The molecule has 2 aliphatic rings. The van der Waals surface area contributed by atoms with Crippen molar-refractivity contribution in [2.24, 2.45) is 0 Å². The van der Waals surface area contributed by atoms with Crippen LogP contribution in [0.2, 0.25) is 0 Å². The number of alkyl halides is 3. The molecule has 0 aliphatic carbocycles. The Hall–Kier alpha value is -1.69. The van der Waals surface area contributed by atoms with E-state index in [1.807, 2.05) is 0 Å². The summed E-state index contributed by atoms with van der Waals surface area (Å²) in [5.74, 6) is 0. The largest absolute Gasteiger partial charge is 0.416 e. The maximum Gasteiger partial charge on any atom is 0.416 e. The summed E-state index contributed by atoms with van der Waals surface area (Å²) < 4.78 is 43.0. The van der Waals surface area contributed by atoms with Crippen molar-refractivity contribution in [1.29, 1.82) is 0 Å². The fourth-order valence-corrected chi connectivity index (χ4v) is 2.68. The summed E-state index contributed by atoms with van der Waals surface area (Å²) in [4.78, 5) is 4.36. The number of hydrogen-bond acceptors (Lipinski definition) is 3. The highest BCUT2D eigenvalue weighted by molar-refractivity contribution is 5.51. The van der Waals surface area contributed by atoms with Gasteiger partial charge in [-0.2, -0.15) is 13.2 Å². The molecule has 0 atom stereocenters. The summed E-state index contributed by atoms with van der Waals surface area (Å²) >= 11 is 0. The first kappa shape index (κ1) is 14.3. The van der Waals surface area contributed by atoms with Crippen molar-refractivity contribution in [2.75, 3.05) is 44.3 Å². The number of hydrogen-bond donors (Lipinski definition) is 0. The molecule has 1 saturated heterocycles. The van der Waals surface area contributed by atoms with Gasteiger partial charge in [0.15, 0.2) is 0 Å². The number of halogens is 3. The van der Waals surface area contributed by atoms with Crippen LogP contribution in [0.3, 0.4) is 0 Å². The summed E-state index contributed by atoms with van der Waals surface area (Å²) in [6, 6.07) is 5.36. The van der Waals surface area contributed by atoms with Crippen LogP contribution in [0, 0.1) is 0 Å². The van der Waals surface area contributed by atoms with E-state index in [0.717, 1.165) is 57.2 Å². The number of ether oxygens (including phenoxy) is 1. The second kappa shape index (κ2) is 5.60. The van der Waals surface area contributed by atoms with Crippen molar-refractivity contribution in [3.63, 3.8) is 0 Å². The first-order valence-electron chi connectivity index (χ1n) is 6.98. The highest BCUT2D eigenvalue weighted by Gasteiger charge is 2.30. The van der Waals surface area contributed by atoms with Gasteiger partial charge in [0.25, 0.3) is 0 Å². The quantitative estimate of drug-likeness (QED) is 0.835. The molecular formula is C15H17F3N2O. The van der Waals surface area contributed by atoms with Crippen molar-refractivity contribution in [3.8, 4) is 0 Å². The standard InChI is InChI=1S/C15H17F3N2O/c16-15(17,18)12-1-3-13(4-2-12)20-6-5-14(11-20)19-7-9-21-10-8-19/h1-5H,6-11H2. The molecule has 21 heavy (non-hydrogen) atoms. The zero-order valence-corrected chi connectivity index (χ0v) is 11.6. The van der Waals surface area contributed by atoms with E-state index in [4.69, 9.17) is 4.74 Å². The maximum absolute atomic E-state index is 12.6. The van der Waals surface area contributed by atoms with E-state index in [1.54, 1.807) is 12.1 Å². The lowest BCUT2D eigenvalue weighted by atomic mass is 10.2. The van der Waals surface area contributed by atoms with Crippen LogP contribution >= 0.6 is 0 Å². The Kier molecular flexibility index (Phi) is 3.80. The van der Waals surface area contributed by atoms with Gasteiger partial charge in [-0.05, 0) is 30.3 Å². The normalized spacial score (nSPS) is 19.9. The average molecular weight is 298 g/mol. The van der Waals surface area contributed by atoms with Crippen molar-refractivity contribution in [3.05, 3.63) is 41.6 Å². The molecule has 6 heteroatoms. The monoisotopic (exact) mass is 298 g/mol. The fourth-order valence-electron chi connectivity index (χ4n) is 2.68. The minimum absolute atomic E-state index is 0.605. The Morgan fingerprint density at radius 3 is 2.24 bits per heavy atom. The molecule has 0 radical (unpaired) electrons. The second-order valence-electron chi connectivity index (χ2n) is 5.22. The van der Waals surface area contributed by atoms with Crippen molar-refractivity contribution in [1.82, 2.24) is 4.90 Å². The lowest BCUT2D eigenvalue weighted by Gasteiger charge is -2.30. The number of nitrogens with zero attached hydrogens (tertiary/aromatic N) is 2. The summed E-state index contributed by atoms with van der Waals surface area (Å²) in [7, 11) is 0. The molecule has 0 aromatic heterocycles. The van der Waals surface area contributed by atoms with Crippen LogP contribution in [-0.2, 0) is 10.9 Å². The molecule has 1 aromatic carbocycles. The van der Waals surface area contributed by atoms with Crippen LogP contribution in [-0.4, -0.2) is 44.3 Å². The summed E-state index contributed by atoms with van der Waals surface area (Å²) in [6.45, 7) is 4.71. The van der Waals surface area contributed by atoms with Crippen LogP contribution < -0.4 is 4.90 Å². The summed E-state index contributed by atoms with van der Waals surface area (Å²) in [5.41, 5.74) is 1.45. The molecule has 3 nitrogen and oxygen atoms in total. The maximum atomic E-state index is 12.6. The van der Waals surface area contributed by atoms with Crippen molar-refractivity contribution in [2.45, 2.75) is 6.18 Å². The molecule has 2 heterocycles. The van der Waals surface area contributed by atoms with Crippen LogP contribution in [0.15, 0.2) is 36.0 Å². The van der Waals surface area contributed by atoms with Gasteiger partial charge < -0.3 is 14.5 Å². The van der Waals surface area contributed by atoms with Gasteiger partial charge in [0.2, 0.25) is 0 Å². The molecule has 0 bridgehead atoms. The zero-order valence-electron chi connectivity index (χ0n) is 11.6. The SMILES string of the molecule is FC(F)(F)c1ccc(N2CC=C(N3CCOCC3)C2)cc1. The third-order valence-corrected chi connectivity index (χ3v) is 3.88. The Labute approximate surface area is 121 Å². The molecule has 0 saturated carbocycles. The Bertz CT molecular complexity index is 519. The van der Waals surface area contributed by atoms with Crippen molar-refractivity contribution < 1.29 is 17.9 Å². The molecule has 0 N–H and O–H groups in total. The van der Waals surface area contributed by atoms with Crippen molar-refractivity contribution >= 4 is 5.69 Å². The van der Waals surface area contributed by atoms with Crippen LogP contribution in [0.25, 0.3) is 0 Å². The minimum Gasteiger partial charge on any atom is -0.378 e. The van der Waals surface area contributed by atoms with E-state index in [-0.39, 0.29) is 0 Å². The topological polar surface area (TPSA) is 15.7 Å². The Morgan fingerprint density at radius 1 is 0.952 bits per heavy atom. The van der Waals surface area contributed by atoms with E-state index < -0.39 is 11.7 Å². The molecular weight excluding hydrogens is 281 g/mol. The second-order valence-corrected chi connectivity index (χ2v) is 5.22. The van der Waals surface area contributed by atoms with Crippen LogP contribution in [0.5, 0.6) is 0 Å². The number of benzene rings is 1. The lowest BCUT2D eigenvalue weighted by Crippen LogP contribution is -2.37. The third-order valence-electron chi connectivity index (χ3n) is 3.88. The molecule has 3 rings (SSSR count). The predicted molar refractivity (Wildman–Crippen MR) is 74.1 cm³/mol. The molecule has 0 unspecified atom stereocenters. The predicted octanol–water partition coefficient (Wildman–Crippen LogP) is 2.74. The molecule has 0 amide bonds. The van der Waals surface area contributed by atoms with Gasteiger partial charge in [0, 0.05) is 31.0 Å². The molecule has 1 aromatic rings. The molecule has 114 valence electrons. The molecule has 2 aliphatic heterocycles. The summed E-state index contributed by atoms with van der Waals surface area (Å²) in [6.07, 6.45) is -2.14. The first-order valence-corrected chi connectivity index (χ1v) is 6.98. The van der Waals surface area contributed by atoms with E-state index in [0.29, 0.717) is 0 Å². The highest BCUT2D eigenvalue weighted by Crippen LogP contribution is 2.31. The third kappa shape index (κ3) is 3.15. The zero-order chi connectivity index (χ0) is 14.9. The van der Waals surface area contributed by atoms with E-state index in [2.05, 4.69) is 15.9 Å². The smallest absolute Gasteiger partial charge is 0.378 e. The van der Waals surface area contributed by atoms with Crippen LogP contribution in [0.1, 0.15) is 5.56 Å². The number of anilines is 1. The van der Waals surface area contributed by atoms with Gasteiger partial charge in [0.1, 0.15) is 0 Å². The van der Waals surface area contributed by atoms with E-state index >= 15 is 0 Å². The first-order chi connectivity index (χ1) is 10.0. The fraction of sp³-hybridized carbons (Fsp3) is 0.467. The van der Waals surface area contributed by atoms with Gasteiger partial charge in [-0.25, -0.2) is 0 Å². The van der Waals surface area contributed by atoms with Gasteiger partial charge >= 0.3 is 6.18 Å². The van der Waals surface area contributed by atoms with Gasteiger partial charge in [-0.1, -0.05) is 0 Å². The van der Waals surface area contributed by atoms with Gasteiger partial charge in [-0.3, -0.25) is 0 Å². The van der Waals surface area contributed by atoms with Crippen LogP contribution in [0.4, 0.5) is 18.9 Å². The number of rotatable bonds is 2. The van der Waals surface area contributed by atoms with Gasteiger partial charge in [-0.15, -0.1) is 0 Å². The van der Waals surface area contributed by atoms with E-state index in [1.165, 1.54) is 5.70 Å². The average Bonchev–Trinajstić information content (AvgIpc) is 2.97. The molecule has 0 spiro atoms. The van der Waals surface area contributed by atoms with E-state index in [9.17, 15) is 13.2 Å². The minimum atomic E-state index is -4.28. The Balaban J connectivity index is 1.64. The number of morpholine rings is 1. The highest BCUT2D eigenvalue weighted by atomic mass is 19.4. The van der Waals surface area contributed by atoms with Gasteiger partial charge in [0.05, 0.1) is 25.3 Å².